The van der Waals surface area contributed by atoms with Gasteiger partial charge in [0.1, 0.15) is 0 Å². The van der Waals surface area contributed by atoms with Crippen molar-refractivity contribution in [3.63, 3.8) is 0 Å². The number of hydrogen-bond donors (Lipinski definition) is 1. The van der Waals surface area contributed by atoms with Gasteiger partial charge < -0.3 is 9.84 Å². The van der Waals surface area contributed by atoms with E-state index in [1.165, 1.54) is 31.4 Å². The van der Waals surface area contributed by atoms with Crippen LogP contribution in [0.2, 0.25) is 0 Å². The fourth-order valence-electron chi connectivity index (χ4n) is 1.78. The summed E-state index contributed by atoms with van der Waals surface area (Å²) in [6.07, 6.45) is -4.41. The molecule has 0 fully saturated rings. The lowest BCUT2D eigenvalue weighted by molar-refractivity contribution is -0.137. The van der Waals surface area contributed by atoms with E-state index in [1.54, 1.807) is 6.07 Å². The van der Waals surface area contributed by atoms with Crippen LogP contribution in [-0.4, -0.2) is 12.2 Å². The second-order valence-electron chi connectivity index (χ2n) is 3.94. The average molecular weight is 268 g/mol. The highest BCUT2D eigenvalue weighted by atomic mass is 19.4. The minimum Gasteiger partial charge on any atom is -0.504 e. The first-order valence-corrected chi connectivity index (χ1v) is 5.47. The molecule has 2 aromatic carbocycles. The van der Waals surface area contributed by atoms with Gasteiger partial charge in [-0.15, -0.1) is 0 Å². The van der Waals surface area contributed by atoms with Crippen LogP contribution in [0, 0.1) is 0 Å². The molecular weight excluding hydrogens is 257 g/mol. The minimum atomic E-state index is -4.41. The van der Waals surface area contributed by atoms with Gasteiger partial charge in [-0.1, -0.05) is 24.3 Å². The Morgan fingerprint density at radius 3 is 2.37 bits per heavy atom. The summed E-state index contributed by atoms with van der Waals surface area (Å²) in [5, 5.41) is 9.93. The van der Waals surface area contributed by atoms with Gasteiger partial charge in [-0.2, -0.15) is 13.2 Å². The minimum absolute atomic E-state index is 0.177. The van der Waals surface area contributed by atoms with Crippen molar-refractivity contribution in [3.05, 3.63) is 48.0 Å². The Bertz CT molecular complexity index is 591. The second-order valence-corrected chi connectivity index (χ2v) is 3.94. The lowest BCUT2D eigenvalue weighted by atomic mass is 10.0. The van der Waals surface area contributed by atoms with Crippen LogP contribution in [0.5, 0.6) is 11.5 Å². The first-order valence-electron chi connectivity index (χ1n) is 5.47. The molecule has 0 heterocycles. The van der Waals surface area contributed by atoms with E-state index >= 15 is 0 Å². The first-order chi connectivity index (χ1) is 8.93. The SMILES string of the molecule is COc1cccc(-c2cccc(C(F)(F)F)c2)c1O. The molecule has 0 atom stereocenters. The maximum absolute atomic E-state index is 12.6. The summed E-state index contributed by atoms with van der Waals surface area (Å²) < 4.78 is 42.9. The van der Waals surface area contributed by atoms with Crippen molar-refractivity contribution in [1.82, 2.24) is 0 Å². The molecule has 0 saturated heterocycles. The summed E-state index contributed by atoms with van der Waals surface area (Å²) in [7, 11) is 1.38. The molecule has 0 radical (unpaired) electrons. The highest BCUT2D eigenvalue weighted by Gasteiger charge is 2.30. The highest BCUT2D eigenvalue weighted by Crippen LogP contribution is 2.38. The van der Waals surface area contributed by atoms with E-state index in [4.69, 9.17) is 4.74 Å². The molecule has 100 valence electrons. The number of alkyl halides is 3. The van der Waals surface area contributed by atoms with Crippen LogP contribution in [0.1, 0.15) is 5.56 Å². The van der Waals surface area contributed by atoms with Crippen molar-refractivity contribution in [2.24, 2.45) is 0 Å². The standard InChI is InChI=1S/C14H11F3O2/c1-19-12-7-3-6-11(13(12)18)9-4-2-5-10(8-9)14(15,16)17/h2-8,18H,1H3. The normalized spacial score (nSPS) is 11.4. The number of aromatic hydroxyl groups is 1. The molecule has 2 rings (SSSR count). The third-order valence-electron chi connectivity index (χ3n) is 2.72. The zero-order chi connectivity index (χ0) is 14.0. The number of methoxy groups -OCH3 is 1. The summed E-state index contributed by atoms with van der Waals surface area (Å²) in [4.78, 5) is 0. The highest BCUT2D eigenvalue weighted by molar-refractivity contribution is 5.73. The molecule has 5 heteroatoms. The number of ether oxygens (including phenoxy) is 1. The average Bonchev–Trinajstić information content (AvgIpc) is 2.38. The Balaban J connectivity index is 2.54. The van der Waals surface area contributed by atoms with E-state index in [-0.39, 0.29) is 17.1 Å². The number of phenolic OH excluding ortho intramolecular Hbond substituents is 1. The van der Waals surface area contributed by atoms with Gasteiger partial charge in [-0.3, -0.25) is 0 Å². The fraction of sp³-hybridized carbons (Fsp3) is 0.143. The van der Waals surface area contributed by atoms with Crippen LogP contribution in [-0.2, 0) is 6.18 Å². The molecule has 1 N–H and O–H groups in total. The quantitative estimate of drug-likeness (QED) is 0.889. The fourth-order valence-corrected chi connectivity index (χ4v) is 1.78. The number of rotatable bonds is 2. The second kappa shape index (κ2) is 4.84. The molecular formula is C14H11F3O2. The molecule has 2 nitrogen and oxygen atoms in total. The molecule has 0 unspecified atom stereocenters. The van der Waals surface area contributed by atoms with Gasteiger partial charge in [0, 0.05) is 5.56 Å². The molecule has 0 saturated carbocycles. The van der Waals surface area contributed by atoms with Crippen LogP contribution >= 0.6 is 0 Å². The molecule has 0 amide bonds. The van der Waals surface area contributed by atoms with Gasteiger partial charge in [0.15, 0.2) is 11.5 Å². The van der Waals surface area contributed by atoms with Crippen molar-refractivity contribution < 1.29 is 23.0 Å². The van der Waals surface area contributed by atoms with Gasteiger partial charge in [0.25, 0.3) is 0 Å². The van der Waals surface area contributed by atoms with Gasteiger partial charge in [-0.25, -0.2) is 0 Å². The van der Waals surface area contributed by atoms with Crippen molar-refractivity contribution in [3.8, 4) is 22.6 Å². The maximum Gasteiger partial charge on any atom is 0.416 e. The number of hydrogen-bond acceptors (Lipinski definition) is 2. The molecule has 0 aliphatic rings. The molecule has 19 heavy (non-hydrogen) atoms. The smallest absolute Gasteiger partial charge is 0.416 e. The van der Waals surface area contributed by atoms with Crippen molar-refractivity contribution in [2.75, 3.05) is 7.11 Å². The summed E-state index contributed by atoms with van der Waals surface area (Å²) in [5.41, 5.74) is -0.177. The van der Waals surface area contributed by atoms with Crippen LogP contribution in [0.4, 0.5) is 13.2 Å². The van der Waals surface area contributed by atoms with Crippen molar-refractivity contribution in [1.29, 1.82) is 0 Å². The van der Waals surface area contributed by atoms with E-state index in [2.05, 4.69) is 0 Å². The summed E-state index contributed by atoms with van der Waals surface area (Å²) in [5.74, 6) is 0.0410. The van der Waals surface area contributed by atoms with Crippen LogP contribution in [0.15, 0.2) is 42.5 Å². The van der Waals surface area contributed by atoms with Crippen LogP contribution in [0.25, 0.3) is 11.1 Å². The lowest BCUT2D eigenvalue weighted by Gasteiger charge is -2.11. The predicted octanol–water partition coefficient (Wildman–Crippen LogP) is 4.09. The molecule has 0 spiro atoms. The lowest BCUT2D eigenvalue weighted by Crippen LogP contribution is -2.04. The van der Waals surface area contributed by atoms with Crippen molar-refractivity contribution >= 4 is 0 Å². The molecule has 0 bridgehead atoms. The molecule has 0 aromatic heterocycles. The monoisotopic (exact) mass is 268 g/mol. The third-order valence-corrected chi connectivity index (χ3v) is 2.72. The van der Waals surface area contributed by atoms with E-state index in [0.717, 1.165) is 12.1 Å². The summed E-state index contributed by atoms with van der Waals surface area (Å²) >= 11 is 0. The third kappa shape index (κ3) is 2.65. The van der Waals surface area contributed by atoms with Gasteiger partial charge >= 0.3 is 6.18 Å². The molecule has 0 aliphatic heterocycles. The first kappa shape index (κ1) is 13.3. The molecule has 0 aliphatic carbocycles. The number of benzene rings is 2. The Hall–Kier alpha value is -2.17. The summed E-state index contributed by atoms with van der Waals surface area (Å²) in [6, 6.07) is 9.46. The number of halogens is 3. The van der Waals surface area contributed by atoms with Gasteiger partial charge in [0.05, 0.1) is 12.7 Å². The van der Waals surface area contributed by atoms with Gasteiger partial charge in [-0.05, 0) is 23.8 Å². The Morgan fingerprint density at radius 1 is 1.05 bits per heavy atom. The zero-order valence-electron chi connectivity index (χ0n) is 10.0. The van der Waals surface area contributed by atoms with Gasteiger partial charge in [0.2, 0.25) is 0 Å². The van der Waals surface area contributed by atoms with Crippen molar-refractivity contribution in [2.45, 2.75) is 6.18 Å². The Kier molecular flexibility index (Phi) is 3.38. The Labute approximate surface area is 108 Å². The maximum atomic E-state index is 12.6. The largest absolute Gasteiger partial charge is 0.504 e. The van der Waals surface area contributed by atoms with E-state index < -0.39 is 11.7 Å². The number of phenols is 1. The zero-order valence-corrected chi connectivity index (χ0v) is 10.0. The number of para-hydroxylation sites is 1. The van der Waals surface area contributed by atoms with E-state index in [9.17, 15) is 18.3 Å². The van der Waals surface area contributed by atoms with Crippen LogP contribution in [0.3, 0.4) is 0 Å². The summed E-state index contributed by atoms with van der Waals surface area (Å²) in [6.45, 7) is 0. The van der Waals surface area contributed by atoms with E-state index in [0.29, 0.717) is 5.56 Å². The van der Waals surface area contributed by atoms with Crippen LogP contribution < -0.4 is 4.74 Å². The topological polar surface area (TPSA) is 29.5 Å². The Morgan fingerprint density at radius 2 is 1.74 bits per heavy atom. The van der Waals surface area contributed by atoms with E-state index in [1.807, 2.05) is 0 Å². The molecule has 2 aromatic rings. The predicted molar refractivity (Wildman–Crippen MR) is 65.1 cm³/mol.